The Morgan fingerprint density at radius 3 is 2.32 bits per heavy atom. The van der Waals surface area contributed by atoms with Gasteiger partial charge in [0.25, 0.3) is 17.7 Å². The van der Waals surface area contributed by atoms with Crippen molar-refractivity contribution >= 4 is 29.1 Å². The third kappa shape index (κ3) is 4.28. The maximum absolute atomic E-state index is 12.8. The van der Waals surface area contributed by atoms with Crippen molar-refractivity contribution in [1.82, 2.24) is 15.1 Å². The van der Waals surface area contributed by atoms with Crippen LogP contribution in [0.3, 0.4) is 0 Å². The molecule has 1 aliphatic heterocycles. The summed E-state index contributed by atoms with van der Waals surface area (Å²) < 4.78 is 0. The van der Waals surface area contributed by atoms with Crippen molar-refractivity contribution in [1.29, 1.82) is 0 Å². The Kier molecular flexibility index (Phi) is 5.97. The molecular formula is C24H23N3O3S. The number of nitrogens with zero attached hydrogens (tertiary/aromatic N) is 2. The lowest BCUT2D eigenvalue weighted by atomic mass is 10.1. The van der Waals surface area contributed by atoms with Crippen molar-refractivity contribution in [3.05, 3.63) is 93.2 Å². The molecule has 1 atom stereocenters. The molecule has 0 aliphatic carbocycles. The smallest absolute Gasteiger partial charge is 0.261 e. The average molecular weight is 434 g/mol. The van der Waals surface area contributed by atoms with E-state index < -0.39 is 0 Å². The van der Waals surface area contributed by atoms with Crippen molar-refractivity contribution in [2.45, 2.75) is 12.6 Å². The fraction of sp³-hybridized carbons (Fsp3) is 0.208. The average Bonchev–Trinajstić information content (AvgIpc) is 3.38. The van der Waals surface area contributed by atoms with Crippen LogP contribution in [0.2, 0.25) is 0 Å². The normalized spacial score (nSPS) is 14.1. The molecule has 4 rings (SSSR count). The molecule has 158 valence electrons. The van der Waals surface area contributed by atoms with E-state index in [0.717, 1.165) is 5.56 Å². The molecule has 0 saturated carbocycles. The van der Waals surface area contributed by atoms with E-state index in [0.29, 0.717) is 23.2 Å². The first kappa shape index (κ1) is 21.0. The molecule has 2 aromatic carbocycles. The maximum Gasteiger partial charge on any atom is 0.261 e. The van der Waals surface area contributed by atoms with E-state index in [2.05, 4.69) is 16.3 Å². The van der Waals surface area contributed by atoms with Crippen LogP contribution in [0.4, 0.5) is 0 Å². The van der Waals surface area contributed by atoms with E-state index in [1.165, 1.54) is 9.78 Å². The standard InChI is InChI=1S/C24H23N3O3S/c1-26(2)20(21-11-6-12-31-21)14-25-22(28)17-8-5-7-16(13-17)15-27-23(29)18-9-3-4-10-19(18)24(27)30/h3-13,20H,14-15H2,1-2H3,(H,25,28). The molecular weight excluding hydrogens is 410 g/mol. The Balaban J connectivity index is 1.44. The fourth-order valence-electron chi connectivity index (χ4n) is 3.69. The maximum atomic E-state index is 12.8. The van der Waals surface area contributed by atoms with Crippen LogP contribution in [0.25, 0.3) is 0 Å². The van der Waals surface area contributed by atoms with Gasteiger partial charge in [-0.15, -0.1) is 11.3 Å². The van der Waals surface area contributed by atoms with Crippen LogP contribution in [0.5, 0.6) is 0 Å². The van der Waals surface area contributed by atoms with E-state index in [9.17, 15) is 14.4 Å². The van der Waals surface area contributed by atoms with Gasteiger partial charge in [-0.25, -0.2) is 0 Å². The minimum absolute atomic E-state index is 0.0884. The van der Waals surface area contributed by atoms with E-state index in [1.807, 2.05) is 31.6 Å². The molecule has 0 bridgehead atoms. The molecule has 3 amide bonds. The third-order valence-corrected chi connectivity index (χ3v) is 6.33. The van der Waals surface area contributed by atoms with Gasteiger partial charge in [0.2, 0.25) is 0 Å². The molecule has 6 nitrogen and oxygen atoms in total. The number of hydrogen-bond donors (Lipinski definition) is 1. The zero-order chi connectivity index (χ0) is 22.0. The highest BCUT2D eigenvalue weighted by molar-refractivity contribution is 7.10. The topological polar surface area (TPSA) is 69.7 Å². The first-order chi connectivity index (χ1) is 15.0. The molecule has 0 saturated heterocycles. The van der Waals surface area contributed by atoms with Crippen molar-refractivity contribution < 1.29 is 14.4 Å². The quantitative estimate of drug-likeness (QED) is 0.579. The third-order valence-electron chi connectivity index (χ3n) is 5.36. The predicted molar refractivity (Wildman–Crippen MR) is 120 cm³/mol. The minimum atomic E-state index is -0.305. The van der Waals surface area contributed by atoms with Gasteiger partial charge in [-0.1, -0.05) is 30.3 Å². The van der Waals surface area contributed by atoms with Gasteiger partial charge in [0.1, 0.15) is 0 Å². The molecule has 1 N–H and O–H groups in total. The van der Waals surface area contributed by atoms with E-state index in [-0.39, 0.29) is 30.3 Å². The summed E-state index contributed by atoms with van der Waals surface area (Å²) in [5.41, 5.74) is 2.07. The highest BCUT2D eigenvalue weighted by Gasteiger charge is 2.35. The summed E-state index contributed by atoms with van der Waals surface area (Å²) in [5.74, 6) is -0.798. The van der Waals surface area contributed by atoms with Crippen LogP contribution in [0, 0.1) is 0 Å². The number of fused-ring (bicyclic) bond motifs is 1. The largest absolute Gasteiger partial charge is 0.350 e. The Labute approximate surface area is 185 Å². The number of imide groups is 1. The number of hydrogen-bond acceptors (Lipinski definition) is 5. The first-order valence-electron chi connectivity index (χ1n) is 9.98. The van der Waals surface area contributed by atoms with Crippen molar-refractivity contribution in [3.63, 3.8) is 0 Å². The van der Waals surface area contributed by atoms with Gasteiger partial charge in [-0.2, -0.15) is 0 Å². The molecule has 0 spiro atoms. The van der Waals surface area contributed by atoms with Crippen LogP contribution < -0.4 is 5.32 Å². The van der Waals surface area contributed by atoms with Gasteiger partial charge < -0.3 is 10.2 Å². The van der Waals surface area contributed by atoms with Crippen molar-refractivity contribution in [2.75, 3.05) is 20.6 Å². The lowest BCUT2D eigenvalue weighted by molar-refractivity contribution is 0.0642. The second-order valence-electron chi connectivity index (χ2n) is 7.65. The summed E-state index contributed by atoms with van der Waals surface area (Å²) >= 11 is 1.66. The van der Waals surface area contributed by atoms with Gasteiger partial charge in [-0.3, -0.25) is 19.3 Å². The Hall–Kier alpha value is -3.29. The van der Waals surface area contributed by atoms with Crippen LogP contribution in [-0.2, 0) is 6.54 Å². The Morgan fingerprint density at radius 2 is 1.71 bits per heavy atom. The highest BCUT2D eigenvalue weighted by Crippen LogP contribution is 2.25. The molecule has 2 heterocycles. The lowest BCUT2D eigenvalue weighted by Crippen LogP contribution is -2.34. The van der Waals surface area contributed by atoms with E-state index in [4.69, 9.17) is 0 Å². The number of benzene rings is 2. The van der Waals surface area contributed by atoms with E-state index >= 15 is 0 Å². The van der Waals surface area contributed by atoms with Gasteiger partial charge in [0.15, 0.2) is 0 Å². The number of nitrogens with one attached hydrogen (secondary N) is 1. The number of rotatable bonds is 7. The second-order valence-corrected chi connectivity index (χ2v) is 8.63. The summed E-state index contributed by atoms with van der Waals surface area (Å²) in [5, 5.41) is 5.02. The summed E-state index contributed by atoms with van der Waals surface area (Å²) in [6.07, 6.45) is 0. The zero-order valence-corrected chi connectivity index (χ0v) is 18.2. The Bertz CT molecular complexity index is 1090. The summed E-state index contributed by atoms with van der Waals surface area (Å²) in [6, 6.07) is 18.0. The lowest BCUT2D eigenvalue weighted by Gasteiger charge is -2.23. The van der Waals surface area contributed by atoms with Gasteiger partial charge in [0, 0.05) is 17.0 Å². The van der Waals surface area contributed by atoms with Gasteiger partial charge in [-0.05, 0) is 55.4 Å². The Morgan fingerprint density at radius 1 is 1.00 bits per heavy atom. The number of likely N-dealkylation sites (N-methyl/N-ethyl adjacent to an activating group) is 1. The predicted octanol–water partition coefficient (Wildman–Crippen LogP) is 3.58. The summed E-state index contributed by atoms with van der Waals surface area (Å²) in [6.45, 7) is 0.609. The number of carbonyl (C=O) groups excluding carboxylic acids is 3. The number of amides is 3. The molecule has 0 fully saturated rings. The van der Waals surface area contributed by atoms with Crippen molar-refractivity contribution in [2.24, 2.45) is 0 Å². The number of thiophene rings is 1. The molecule has 1 aliphatic rings. The van der Waals surface area contributed by atoms with E-state index in [1.54, 1.807) is 53.8 Å². The minimum Gasteiger partial charge on any atom is -0.350 e. The van der Waals surface area contributed by atoms with Crippen LogP contribution >= 0.6 is 11.3 Å². The molecule has 31 heavy (non-hydrogen) atoms. The molecule has 0 radical (unpaired) electrons. The van der Waals surface area contributed by atoms with Crippen LogP contribution in [0.1, 0.15) is 47.6 Å². The first-order valence-corrected chi connectivity index (χ1v) is 10.9. The highest BCUT2D eigenvalue weighted by atomic mass is 32.1. The SMILES string of the molecule is CN(C)C(CNC(=O)c1cccc(CN2C(=O)c3ccccc3C2=O)c1)c1cccs1. The van der Waals surface area contributed by atoms with Crippen LogP contribution in [0.15, 0.2) is 66.0 Å². The van der Waals surface area contributed by atoms with Crippen molar-refractivity contribution in [3.8, 4) is 0 Å². The second kappa shape index (κ2) is 8.83. The summed E-state index contributed by atoms with van der Waals surface area (Å²) in [4.78, 5) is 42.5. The van der Waals surface area contributed by atoms with Crippen LogP contribution in [-0.4, -0.2) is 48.2 Å². The van der Waals surface area contributed by atoms with Gasteiger partial charge in [0.05, 0.1) is 23.7 Å². The zero-order valence-electron chi connectivity index (χ0n) is 17.4. The monoisotopic (exact) mass is 433 g/mol. The molecule has 1 unspecified atom stereocenters. The molecule has 7 heteroatoms. The summed E-state index contributed by atoms with van der Waals surface area (Å²) in [7, 11) is 3.97. The fourth-order valence-corrected chi connectivity index (χ4v) is 4.61. The number of carbonyl (C=O) groups is 3. The molecule has 1 aromatic heterocycles. The molecule has 3 aromatic rings. The van der Waals surface area contributed by atoms with Gasteiger partial charge >= 0.3 is 0 Å².